The number of hydrogen-bond donors (Lipinski definition) is 2. The van der Waals surface area contributed by atoms with Gasteiger partial charge >= 0.3 is 5.97 Å². The van der Waals surface area contributed by atoms with Crippen molar-refractivity contribution in [3.05, 3.63) is 52.6 Å². The number of aliphatic carboxylic acids is 1. The number of nitrogens with zero attached hydrogens (tertiary/aromatic N) is 1. The molecule has 1 aromatic carbocycles. The molecular weight excluding hydrogens is 240 g/mol. The smallest absolute Gasteiger partial charge is 0.303 e. The van der Waals surface area contributed by atoms with Crippen molar-refractivity contribution in [2.45, 2.75) is 33.1 Å². The Kier molecular flexibility index (Phi) is 4.00. The second kappa shape index (κ2) is 5.69. The van der Waals surface area contributed by atoms with E-state index in [4.69, 9.17) is 5.11 Å². The monoisotopic (exact) mass is 258 g/mol. The lowest BCUT2D eigenvalue weighted by Gasteiger charge is -2.03. The molecule has 0 fully saturated rings. The van der Waals surface area contributed by atoms with Crippen LogP contribution in [0.5, 0.6) is 0 Å². The maximum Gasteiger partial charge on any atom is 0.303 e. The van der Waals surface area contributed by atoms with E-state index in [1.54, 1.807) is 0 Å². The van der Waals surface area contributed by atoms with Gasteiger partial charge in [0.2, 0.25) is 0 Å². The highest BCUT2D eigenvalue weighted by molar-refractivity contribution is 5.66. The van der Waals surface area contributed by atoms with E-state index >= 15 is 0 Å². The summed E-state index contributed by atoms with van der Waals surface area (Å²) in [5.41, 5.74) is 4.51. The molecule has 0 unspecified atom stereocenters. The average Bonchev–Trinajstić information content (AvgIpc) is 2.71. The van der Waals surface area contributed by atoms with Crippen LogP contribution in [-0.2, 0) is 17.6 Å². The van der Waals surface area contributed by atoms with E-state index < -0.39 is 5.97 Å². The summed E-state index contributed by atoms with van der Waals surface area (Å²) in [6.45, 7) is 4.06. The van der Waals surface area contributed by atoms with Crippen LogP contribution in [0.4, 0.5) is 0 Å². The van der Waals surface area contributed by atoms with Crippen molar-refractivity contribution >= 4 is 5.97 Å². The van der Waals surface area contributed by atoms with Gasteiger partial charge in [0.1, 0.15) is 5.82 Å². The van der Waals surface area contributed by atoms with Gasteiger partial charge in [-0.25, -0.2) is 4.98 Å². The van der Waals surface area contributed by atoms with Gasteiger partial charge in [-0.3, -0.25) is 4.79 Å². The predicted molar refractivity (Wildman–Crippen MR) is 73.3 cm³/mol. The van der Waals surface area contributed by atoms with Gasteiger partial charge in [-0.15, -0.1) is 0 Å². The van der Waals surface area contributed by atoms with Crippen molar-refractivity contribution in [3.63, 3.8) is 0 Å². The minimum Gasteiger partial charge on any atom is -0.481 e. The molecule has 0 amide bonds. The van der Waals surface area contributed by atoms with E-state index in [2.05, 4.69) is 29.0 Å². The van der Waals surface area contributed by atoms with E-state index in [1.165, 1.54) is 11.1 Å². The number of aryl methyl sites for hydroxylation is 3. The molecule has 0 bridgehead atoms. The molecule has 100 valence electrons. The molecule has 19 heavy (non-hydrogen) atoms. The number of carboxylic acid groups (broad SMARTS) is 1. The van der Waals surface area contributed by atoms with E-state index in [0.29, 0.717) is 6.42 Å². The number of aromatic nitrogens is 2. The Hall–Kier alpha value is -2.10. The molecule has 0 saturated heterocycles. The fourth-order valence-electron chi connectivity index (χ4n) is 2.07. The van der Waals surface area contributed by atoms with Crippen molar-refractivity contribution in [1.29, 1.82) is 0 Å². The number of benzene rings is 1. The first-order valence-corrected chi connectivity index (χ1v) is 6.37. The van der Waals surface area contributed by atoms with E-state index in [0.717, 1.165) is 23.6 Å². The Bertz CT molecular complexity index is 588. The Morgan fingerprint density at radius 3 is 2.74 bits per heavy atom. The molecule has 0 radical (unpaired) electrons. The zero-order chi connectivity index (χ0) is 13.8. The lowest BCUT2D eigenvalue weighted by Crippen LogP contribution is -1.99. The molecular formula is C15H18N2O2. The van der Waals surface area contributed by atoms with Crippen LogP contribution in [0.3, 0.4) is 0 Å². The van der Waals surface area contributed by atoms with Gasteiger partial charge in [0, 0.05) is 18.5 Å². The first-order chi connectivity index (χ1) is 9.06. The summed E-state index contributed by atoms with van der Waals surface area (Å²) in [7, 11) is 0. The van der Waals surface area contributed by atoms with Crippen LogP contribution in [0.1, 0.15) is 34.8 Å². The molecule has 2 N–H and O–H groups in total. The van der Waals surface area contributed by atoms with Crippen molar-refractivity contribution < 1.29 is 9.90 Å². The zero-order valence-corrected chi connectivity index (χ0v) is 11.2. The average molecular weight is 258 g/mol. The molecule has 0 atom stereocenters. The van der Waals surface area contributed by atoms with Gasteiger partial charge in [0.05, 0.1) is 12.1 Å². The minimum atomic E-state index is -0.797. The van der Waals surface area contributed by atoms with E-state index in [1.807, 2.05) is 19.1 Å². The van der Waals surface area contributed by atoms with Crippen LogP contribution >= 0.6 is 0 Å². The lowest BCUT2D eigenvalue weighted by atomic mass is 10.0. The van der Waals surface area contributed by atoms with Crippen LogP contribution in [-0.4, -0.2) is 21.0 Å². The van der Waals surface area contributed by atoms with Crippen molar-refractivity contribution in [1.82, 2.24) is 9.97 Å². The Balaban J connectivity index is 2.13. The number of carboxylic acids is 1. The highest BCUT2D eigenvalue weighted by Gasteiger charge is 2.09. The number of rotatable bonds is 5. The molecule has 1 heterocycles. The summed E-state index contributed by atoms with van der Waals surface area (Å²) in [4.78, 5) is 18.2. The third-order valence-corrected chi connectivity index (χ3v) is 3.23. The van der Waals surface area contributed by atoms with Gasteiger partial charge in [-0.1, -0.05) is 24.3 Å². The Labute approximate surface area is 112 Å². The SMILES string of the molecule is Cc1ccccc1Cc1nc(CCC(=O)O)[nH]c1C. The van der Waals surface area contributed by atoms with Crippen molar-refractivity contribution in [3.8, 4) is 0 Å². The van der Waals surface area contributed by atoms with Crippen LogP contribution in [0.2, 0.25) is 0 Å². The largest absolute Gasteiger partial charge is 0.481 e. The number of carbonyl (C=O) groups is 1. The van der Waals surface area contributed by atoms with Gasteiger partial charge in [-0.2, -0.15) is 0 Å². The van der Waals surface area contributed by atoms with Gasteiger partial charge < -0.3 is 10.1 Å². The number of imidazole rings is 1. The predicted octanol–water partition coefficient (Wildman–Crippen LogP) is 2.63. The maximum absolute atomic E-state index is 10.6. The molecule has 1 aromatic heterocycles. The summed E-state index contributed by atoms with van der Waals surface area (Å²) in [5, 5.41) is 8.68. The van der Waals surface area contributed by atoms with E-state index in [-0.39, 0.29) is 6.42 Å². The molecule has 4 heteroatoms. The second-order valence-corrected chi connectivity index (χ2v) is 4.75. The molecule has 2 aromatic rings. The molecule has 0 spiro atoms. The normalized spacial score (nSPS) is 10.6. The topological polar surface area (TPSA) is 66.0 Å². The third-order valence-electron chi connectivity index (χ3n) is 3.23. The molecule has 2 rings (SSSR count). The van der Waals surface area contributed by atoms with Crippen LogP contribution in [0.15, 0.2) is 24.3 Å². The molecule has 0 aliphatic carbocycles. The summed E-state index contributed by atoms with van der Waals surface area (Å²) < 4.78 is 0. The third kappa shape index (κ3) is 3.44. The van der Waals surface area contributed by atoms with Crippen LogP contribution in [0.25, 0.3) is 0 Å². The van der Waals surface area contributed by atoms with Crippen molar-refractivity contribution in [2.75, 3.05) is 0 Å². The van der Waals surface area contributed by atoms with Gasteiger partial charge in [-0.05, 0) is 25.0 Å². The summed E-state index contributed by atoms with van der Waals surface area (Å²) >= 11 is 0. The zero-order valence-electron chi connectivity index (χ0n) is 11.2. The quantitative estimate of drug-likeness (QED) is 0.866. The van der Waals surface area contributed by atoms with Crippen molar-refractivity contribution in [2.24, 2.45) is 0 Å². The first kappa shape index (κ1) is 13.3. The van der Waals surface area contributed by atoms with Crippen LogP contribution in [0, 0.1) is 13.8 Å². The maximum atomic E-state index is 10.6. The molecule has 0 aliphatic heterocycles. The Morgan fingerprint density at radius 2 is 2.05 bits per heavy atom. The van der Waals surface area contributed by atoms with Crippen LogP contribution < -0.4 is 0 Å². The number of hydrogen-bond acceptors (Lipinski definition) is 2. The fraction of sp³-hybridized carbons (Fsp3) is 0.333. The van der Waals surface area contributed by atoms with Gasteiger partial charge in [0.25, 0.3) is 0 Å². The highest BCUT2D eigenvalue weighted by atomic mass is 16.4. The number of nitrogens with one attached hydrogen (secondary N) is 1. The second-order valence-electron chi connectivity index (χ2n) is 4.75. The molecule has 4 nitrogen and oxygen atoms in total. The standard InChI is InChI=1S/C15H18N2O2/c1-10-5-3-4-6-12(10)9-13-11(2)16-14(17-13)7-8-15(18)19/h3-6H,7-9H2,1-2H3,(H,16,17)(H,18,19). The Morgan fingerprint density at radius 1 is 1.32 bits per heavy atom. The fourth-order valence-corrected chi connectivity index (χ4v) is 2.07. The molecule has 0 aliphatic rings. The molecule has 0 saturated carbocycles. The van der Waals surface area contributed by atoms with E-state index in [9.17, 15) is 4.79 Å². The lowest BCUT2D eigenvalue weighted by molar-refractivity contribution is -0.137. The first-order valence-electron chi connectivity index (χ1n) is 6.37. The minimum absolute atomic E-state index is 0.108. The summed E-state index contributed by atoms with van der Waals surface area (Å²) in [5.74, 6) is -0.0435. The number of aromatic amines is 1. The van der Waals surface area contributed by atoms with Gasteiger partial charge in [0.15, 0.2) is 0 Å². The number of H-pyrrole nitrogens is 1. The summed E-state index contributed by atoms with van der Waals surface area (Å²) in [6, 6.07) is 8.23. The highest BCUT2D eigenvalue weighted by Crippen LogP contribution is 2.15. The summed E-state index contributed by atoms with van der Waals surface area (Å²) in [6.07, 6.45) is 1.34.